The topological polar surface area (TPSA) is 41.5 Å². The average molecular weight is 565 g/mol. The number of halogens is 2. The number of nitrogens with zero attached hydrogens (tertiary/aromatic N) is 4. The van der Waals surface area contributed by atoms with Gasteiger partial charge in [-0.05, 0) is 61.2 Å². The highest BCUT2D eigenvalue weighted by atomic mass is 19.1. The van der Waals surface area contributed by atoms with Gasteiger partial charge in [-0.2, -0.15) is 9.97 Å². The van der Waals surface area contributed by atoms with Crippen LogP contribution in [0.1, 0.15) is 50.2 Å². The Labute approximate surface area is 244 Å². The Balaban J connectivity index is 1.31. The molecule has 0 spiro atoms. The molecule has 3 atom stereocenters. The second-order valence-electron chi connectivity index (χ2n) is 12.7. The fourth-order valence-electron chi connectivity index (χ4n) is 7.94. The molecule has 3 aromatic carbocycles. The fraction of sp³-hybridized carbons (Fsp3) is 0.429. The fourth-order valence-corrected chi connectivity index (χ4v) is 7.94. The Morgan fingerprint density at radius 2 is 1.98 bits per heavy atom. The van der Waals surface area contributed by atoms with Gasteiger partial charge in [0.1, 0.15) is 24.4 Å². The zero-order chi connectivity index (χ0) is 28.4. The third kappa shape index (κ3) is 4.14. The summed E-state index contributed by atoms with van der Waals surface area (Å²) in [7, 11) is 0. The van der Waals surface area contributed by atoms with Crippen molar-refractivity contribution >= 4 is 27.5 Å². The van der Waals surface area contributed by atoms with Crippen molar-refractivity contribution in [2.24, 2.45) is 5.92 Å². The largest absolute Gasteiger partial charge is 0.461 e. The molecule has 3 fully saturated rings. The van der Waals surface area contributed by atoms with Crippen molar-refractivity contribution in [1.82, 2.24) is 14.9 Å². The van der Waals surface area contributed by atoms with Gasteiger partial charge in [-0.3, -0.25) is 4.90 Å². The molecule has 8 rings (SSSR count). The SMILES string of the molecule is C[C@H]1CCCN(c2nc(OCC34CCCN3C[C@H](F)C4)nc3c4c(c(F)cc23)-c2cccc3cccc(c23)C#CC4)C1. The maximum atomic E-state index is 16.4. The molecular weight excluding hydrogens is 530 g/mol. The summed E-state index contributed by atoms with van der Waals surface area (Å²) in [5, 5.41) is 2.69. The second-order valence-corrected chi connectivity index (χ2v) is 12.7. The molecule has 1 aromatic heterocycles. The molecule has 0 amide bonds. The molecule has 0 radical (unpaired) electrons. The molecule has 214 valence electrons. The lowest BCUT2D eigenvalue weighted by Gasteiger charge is -2.33. The van der Waals surface area contributed by atoms with E-state index in [0.29, 0.717) is 54.2 Å². The number of piperidine rings is 1. The number of ether oxygens (including phenoxy) is 1. The Morgan fingerprint density at radius 1 is 1.10 bits per heavy atom. The molecule has 7 heteroatoms. The van der Waals surface area contributed by atoms with E-state index in [1.165, 1.54) is 0 Å². The summed E-state index contributed by atoms with van der Waals surface area (Å²) in [6.45, 7) is 5.66. The van der Waals surface area contributed by atoms with Crippen molar-refractivity contribution in [1.29, 1.82) is 0 Å². The Kier molecular flexibility index (Phi) is 6.12. The van der Waals surface area contributed by atoms with Crippen molar-refractivity contribution in [2.75, 3.05) is 37.7 Å². The molecule has 1 unspecified atom stereocenters. The van der Waals surface area contributed by atoms with Gasteiger partial charge in [0.25, 0.3) is 0 Å². The summed E-state index contributed by atoms with van der Waals surface area (Å²) in [6.07, 6.45) is 4.19. The number of benzene rings is 3. The van der Waals surface area contributed by atoms with Crippen LogP contribution >= 0.6 is 0 Å². The molecule has 4 heterocycles. The zero-order valence-electron chi connectivity index (χ0n) is 23.9. The minimum atomic E-state index is -0.830. The van der Waals surface area contributed by atoms with Crippen LogP contribution in [0.2, 0.25) is 0 Å². The van der Waals surface area contributed by atoms with Crippen molar-refractivity contribution in [2.45, 2.75) is 57.2 Å². The minimum absolute atomic E-state index is 0.279. The summed E-state index contributed by atoms with van der Waals surface area (Å²) in [5.74, 6) is 7.60. The third-order valence-electron chi connectivity index (χ3n) is 9.85. The van der Waals surface area contributed by atoms with Crippen molar-refractivity contribution < 1.29 is 13.5 Å². The van der Waals surface area contributed by atoms with Crippen LogP contribution in [0.3, 0.4) is 0 Å². The highest BCUT2D eigenvalue weighted by Crippen LogP contribution is 2.43. The van der Waals surface area contributed by atoms with Gasteiger partial charge >= 0.3 is 6.01 Å². The number of alkyl halides is 1. The van der Waals surface area contributed by atoms with Crippen LogP contribution in [0.15, 0.2) is 42.5 Å². The monoisotopic (exact) mass is 564 g/mol. The van der Waals surface area contributed by atoms with E-state index in [-0.39, 0.29) is 17.4 Å². The highest BCUT2D eigenvalue weighted by molar-refractivity contribution is 6.05. The predicted molar refractivity (Wildman–Crippen MR) is 162 cm³/mol. The Morgan fingerprint density at radius 3 is 2.86 bits per heavy atom. The van der Waals surface area contributed by atoms with Gasteiger partial charge in [0, 0.05) is 59.9 Å². The molecule has 0 saturated carbocycles. The predicted octanol–water partition coefficient (Wildman–Crippen LogP) is 6.69. The number of hydrogen-bond donors (Lipinski definition) is 0. The van der Waals surface area contributed by atoms with E-state index in [1.54, 1.807) is 6.07 Å². The van der Waals surface area contributed by atoms with Gasteiger partial charge in [0.15, 0.2) is 0 Å². The Hall–Kier alpha value is -3.76. The first-order chi connectivity index (χ1) is 20.5. The average Bonchev–Trinajstić information content (AvgIpc) is 3.50. The minimum Gasteiger partial charge on any atom is -0.461 e. The van der Waals surface area contributed by atoms with E-state index in [1.807, 2.05) is 36.4 Å². The van der Waals surface area contributed by atoms with Crippen LogP contribution < -0.4 is 9.64 Å². The number of anilines is 1. The number of aromatic nitrogens is 2. The van der Waals surface area contributed by atoms with E-state index in [0.717, 1.165) is 72.8 Å². The number of fused-ring (bicyclic) bond motifs is 5. The highest BCUT2D eigenvalue weighted by Gasteiger charge is 2.49. The van der Waals surface area contributed by atoms with E-state index in [2.05, 4.69) is 28.6 Å². The lowest BCUT2D eigenvalue weighted by Crippen LogP contribution is -2.43. The van der Waals surface area contributed by atoms with E-state index in [4.69, 9.17) is 14.7 Å². The zero-order valence-corrected chi connectivity index (χ0v) is 23.9. The van der Waals surface area contributed by atoms with Crippen LogP contribution in [0, 0.1) is 23.6 Å². The summed E-state index contributed by atoms with van der Waals surface area (Å²) < 4.78 is 37.3. The second kappa shape index (κ2) is 9.91. The lowest BCUT2D eigenvalue weighted by molar-refractivity contribution is 0.107. The first-order valence-corrected chi connectivity index (χ1v) is 15.3. The van der Waals surface area contributed by atoms with Gasteiger partial charge in [-0.1, -0.05) is 49.1 Å². The van der Waals surface area contributed by atoms with Gasteiger partial charge in [-0.25, -0.2) is 8.78 Å². The summed E-state index contributed by atoms with van der Waals surface area (Å²) in [5.41, 5.74) is 3.44. The molecule has 4 aromatic rings. The third-order valence-corrected chi connectivity index (χ3v) is 9.85. The Bertz CT molecular complexity index is 1790. The molecule has 5 nitrogen and oxygen atoms in total. The van der Waals surface area contributed by atoms with Crippen LogP contribution in [0.4, 0.5) is 14.6 Å². The normalized spacial score (nSPS) is 25.1. The lowest BCUT2D eigenvalue weighted by atomic mass is 9.88. The molecular formula is C35H34F2N4O. The van der Waals surface area contributed by atoms with Gasteiger partial charge in [-0.15, -0.1) is 0 Å². The van der Waals surface area contributed by atoms with Gasteiger partial charge in [0.05, 0.1) is 11.1 Å². The molecule has 0 N–H and O–H groups in total. The summed E-state index contributed by atoms with van der Waals surface area (Å²) >= 11 is 0. The maximum Gasteiger partial charge on any atom is 0.319 e. The standard InChI is InChI=1S/C35H34F2N4O/c1-22-7-5-15-40(19-22)33-28-17-29(37)31-26-12-3-10-23-8-2-9-24(30(23)26)11-4-13-27(31)32(28)38-34(39-33)42-21-35-14-6-16-41(35)20-25(36)18-35/h2-3,8-10,12,17,22,25H,5-7,13-16,18-21H2,1H3/t22-,25+,35?/m0/s1. The quantitative estimate of drug-likeness (QED) is 0.259. The smallest absolute Gasteiger partial charge is 0.319 e. The summed E-state index contributed by atoms with van der Waals surface area (Å²) in [4.78, 5) is 14.4. The molecule has 3 aliphatic heterocycles. The van der Waals surface area contributed by atoms with Crippen LogP contribution in [0.5, 0.6) is 6.01 Å². The van der Waals surface area contributed by atoms with Crippen molar-refractivity contribution in [3.63, 3.8) is 0 Å². The van der Waals surface area contributed by atoms with Crippen LogP contribution in [-0.4, -0.2) is 59.4 Å². The molecule has 42 heavy (non-hydrogen) atoms. The van der Waals surface area contributed by atoms with Gasteiger partial charge < -0.3 is 9.64 Å². The summed E-state index contributed by atoms with van der Waals surface area (Å²) in [6, 6.07) is 14.0. The number of rotatable bonds is 4. The first kappa shape index (κ1) is 25.9. The molecule has 3 saturated heterocycles. The first-order valence-electron chi connectivity index (χ1n) is 15.3. The molecule has 0 bridgehead atoms. The van der Waals surface area contributed by atoms with Crippen LogP contribution in [0.25, 0.3) is 32.8 Å². The van der Waals surface area contributed by atoms with E-state index >= 15 is 4.39 Å². The molecule has 1 aliphatic carbocycles. The van der Waals surface area contributed by atoms with Crippen LogP contribution in [-0.2, 0) is 6.42 Å². The maximum absolute atomic E-state index is 16.4. The van der Waals surface area contributed by atoms with Crippen molar-refractivity contribution in [3.8, 4) is 29.0 Å². The molecule has 4 aliphatic rings. The van der Waals surface area contributed by atoms with Crippen molar-refractivity contribution in [3.05, 3.63) is 59.4 Å². The van der Waals surface area contributed by atoms with E-state index < -0.39 is 6.17 Å². The number of hydrogen-bond acceptors (Lipinski definition) is 5. The van der Waals surface area contributed by atoms with Gasteiger partial charge in [0.2, 0.25) is 0 Å². The van der Waals surface area contributed by atoms with E-state index in [9.17, 15) is 4.39 Å².